The quantitative estimate of drug-likeness (QED) is 0.738. The third-order valence-electron chi connectivity index (χ3n) is 3.90. The van der Waals surface area contributed by atoms with Gasteiger partial charge in [0.2, 0.25) is 0 Å². The first-order chi connectivity index (χ1) is 12.2. The van der Waals surface area contributed by atoms with Crippen molar-refractivity contribution in [3.8, 4) is 0 Å². The lowest BCUT2D eigenvalue weighted by Crippen LogP contribution is -2.42. The number of carbonyl (C=O) groups excluding carboxylic acids is 1. The minimum Gasteiger partial charge on any atom is -0.391 e. The van der Waals surface area contributed by atoms with Gasteiger partial charge in [-0.2, -0.15) is 0 Å². The molecule has 1 aromatic carbocycles. The van der Waals surface area contributed by atoms with Gasteiger partial charge in [0, 0.05) is 24.2 Å². The molecular weight excluding hydrogens is 333 g/mol. The van der Waals surface area contributed by atoms with Crippen LogP contribution in [0.2, 0.25) is 0 Å². The second-order valence-corrected chi connectivity index (χ2v) is 7.47. The number of aliphatic hydroxyl groups excluding tert-OH is 1. The van der Waals surface area contributed by atoms with Gasteiger partial charge < -0.3 is 16.2 Å². The predicted octanol–water partition coefficient (Wildman–Crippen LogP) is 2.22. The number of amides is 1. The molecule has 0 saturated carbocycles. The fourth-order valence-electron chi connectivity index (χ4n) is 2.59. The van der Waals surface area contributed by atoms with E-state index < -0.39 is 12.1 Å². The van der Waals surface area contributed by atoms with E-state index in [1.165, 1.54) is 12.1 Å². The number of rotatable bonds is 6. The van der Waals surface area contributed by atoms with Gasteiger partial charge in [-0.05, 0) is 57.0 Å². The number of carbonyl (C=O) groups is 1. The number of nitrogens with one attached hydrogen (secondary N) is 1. The molecule has 0 bridgehead atoms. The van der Waals surface area contributed by atoms with Crippen LogP contribution in [0.25, 0.3) is 0 Å². The Labute approximate surface area is 153 Å². The topological polar surface area (TPSA) is 88.2 Å². The molecule has 2 aromatic rings. The van der Waals surface area contributed by atoms with E-state index in [2.05, 4.69) is 10.3 Å². The average Bonchev–Trinajstić information content (AvgIpc) is 2.55. The molecule has 0 aliphatic rings. The SMILES string of the molecule is CC(C)(C)NC(=O)c1cccnc1C[C@H](O)[C@H](N)Cc1ccc(F)cc1. The van der Waals surface area contributed by atoms with Crippen LogP contribution < -0.4 is 11.1 Å². The van der Waals surface area contributed by atoms with E-state index in [1.54, 1.807) is 30.5 Å². The Balaban J connectivity index is 2.07. The average molecular weight is 359 g/mol. The normalized spacial score (nSPS) is 13.9. The maximum absolute atomic E-state index is 13.0. The zero-order valence-corrected chi connectivity index (χ0v) is 15.4. The molecule has 1 heterocycles. The maximum atomic E-state index is 13.0. The summed E-state index contributed by atoms with van der Waals surface area (Å²) in [5.41, 5.74) is 7.48. The molecule has 0 aliphatic carbocycles. The zero-order chi connectivity index (χ0) is 19.3. The Morgan fingerprint density at radius 3 is 2.50 bits per heavy atom. The Hall–Kier alpha value is -2.31. The van der Waals surface area contributed by atoms with Gasteiger partial charge in [-0.15, -0.1) is 0 Å². The summed E-state index contributed by atoms with van der Waals surface area (Å²) in [5, 5.41) is 13.4. The number of nitrogens with two attached hydrogens (primary N) is 1. The van der Waals surface area contributed by atoms with Crippen LogP contribution in [0.3, 0.4) is 0 Å². The van der Waals surface area contributed by atoms with Crippen molar-refractivity contribution in [3.63, 3.8) is 0 Å². The van der Waals surface area contributed by atoms with E-state index >= 15 is 0 Å². The van der Waals surface area contributed by atoms with E-state index in [-0.39, 0.29) is 23.7 Å². The fraction of sp³-hybridized carbons (Fsp3) is 0.400. The Morgan fingerprint density at radius 1 is 1.23 bits per heavy atom. The lowest BCUT2D eigenvalue weighted by Gasteiger charge is -2.23. The van der Waals surface area contributed by atoms with Gasteiger partial charge in [0.1, 0.15) is 5.82 Å². The largest absolute Gasteiger partial charge is 0.391 e. The first-order valence-corrected chi connectivity index (χ1v) is 8.60. The molecule has 0 fully saturated rings. The van der Waals surface area contributed by atoms with Crippen LogP contribution in [0.4, 0.5) is 4.39 Å². The molecule has 2 atom stereocenters. The van der Waals surface area contributed by atoms with E-state index in [9.17, 15) is 14.3 Å². The first kappa shape index (κ1) is 20.0. The van der Waals surface area contributed by atoms with E-state index in [1.807, 2.05) is 20.8 Å². The molecular formula is C20H26FN3O2. The van der Waals surface area contributed by atoms with Crippen LogP contribution in [0.1, 0.15) is 42.4 Å². The number of halogens is 1. The molecule has 6 heteroatoms. The van der Waals surface area contributed by atoms with Gasteiger partial charge in [0.15, 0.2) is 0 Å². The van der Waals surface area contributed by atoms with Crippen LogP contribution in [-0.4, -0.2) is 33.7 Å². The number of aliphatic hydroxyl groups is 1. The van der Waals surface area contributed by atoms with Crippen molar-refractivity contribution in [2.45, 2.75) is 51.3 Å². The van der Waals surface area contributed by atoms with Gasteiger partial charge in [0.05, 0.1) is 17.4 Å². The van der Waals surface area contributed by atoms with Gasteiger partial charge >= 0.3 is 0 Å². The van der Waals surface area contributed by atoms with Crippen molar-refractivity contribution in [3.05, 3.63) is 65.2 Å². The summed E-state index contributed by atoms with van der Waals surface area (Å²) in [4.78, 5) is 16.7. The highest BCUT2D eigenvalue weighted by molar-refractivity contribution is 5.95. The molecule has 0 saturated heterocycles. The summed E-state index contributed by atoms with van der Waals surface area (Å²) < 4.78 is 13.0. The van der Waals surface area contributed by atoms with Gasteiger partial charge in [-0.1, -0.05) is 12.1 Å². The van der Waals surface area contributed by atoms with E-state index in [4.69, 9.17) is 5.73 Å². The summed E-state index contributed by atoms with van der Waals surface area (Å²) in [5.74, 6) is -0.550. The zero-order valence-electron chi connectivity index (χ0n) is 15.4. The molecule has 4 N–H and O–H groups in total. The van der Waals surface area contributed by atoms with Gasteiger partial charge in [-0.25, -0.2) is 4.39 Å². The van der Waals surface area contributed by atoms with Crippen molar-refractivity contribution in [2.24, 2.45) is 5.73 Å². The van der Waals surface area contributed by atoms with Gasteiger partial charge in [0.25, 0.3) is 5.91 Å². The number of aromatic nitrogens is 1. The summed E-state index contributed by atoms with van der Waals surface area (Å²) in [6.45, 7) is 5.69. The highest BCUT2D eigenvalue weighted by Crippen LogP contribution is 2.14. The molecule has 1 amide bonds. The highest BCUT2D eigenvalue weighted by atomic mass is 19.1. The number of pyridine rings is 1. The lowest BCUT2D eigenvalue weighted by atomic mass is 9.97. The molecule has 5 nitrogen and oxygen atoms in total. The summed E-state index contributed by atoms with van der Waals surface area (Å²) >= 11 is 0. The Bertz CT molecular complexity index is 741. The molecule has 140 valence electrons. The van der Waals surface area contributed by atoms with Gasteiger partial charge in [-0.3, -0.25) is 9.78 Å². The third-order valence-corrected chi connectivity index (χ3v) is 3.90. The highest BCUT2D eigenvalue weighted by Gasteiger charge is 2.22. The second-order valence-electron chi connectivity index (χ2n) is 7.47. The van der Waals surface area contributed by atoms with E-state index in [0.717, 1.165) is 5.56 Å². The predicted molar refractivity (Wildman–Crippen MR) is 99.2 cm³/mol. The monoisotopic (exact) mass is 359 g/mol. The number of benzene rings is 1. The smallest absolute Gasteiger partial charge is 0.253 e. The van der Waals surface area contributed by atoms with Crippen molar-refractivity contribution in [2.75, 3.05) is 0 Å². The first-order valence-electron chi connectivity index (χ1n) is 8.60. The summed E-state index contributed by atoms with van der Waals surface area (Å²) in [6.07, 6.45) is 1.27. The maximum Gasteiger partial charge on any atom is 0.253 e. The number of hydrogen-bond donors (Lipinski definition) is 3. The second kappa shape index (κ2) is 8.38. The summed E-state index contributed by atoms with van der Waals surface area (Å²) in [7, 11) is 0. The Morgan fingerprint density at radius 2 is 1.88 bits per heavy atom. The van der Waals surface area contributed by atoms with Crippen LogP contribution in [0, 0.1) is 5.82 Å². The van der Waals surface area contributed by atoms with Crippen molar-refractivity contribution < 1.29 is 14.3 Å². The minimum atomic E-state index is -0.879. The Kier molecular flexibility index (Phi) is 6.45. The number of hydrogen-bond acceptors (Lipinski definition) is 4. The fourth-order valence-corrected chi connectivity index (χ4v) is 2.59. The van der Waals surface area contributed by atoms with Crippen LogP contribution >= 0.6 is 0 Å². The lowest BCUT2D eigenvalue weighted by molar-refractivity contribution is 0.0916. The van der Waals surface area contributed by atoms with Crippen LogP contribution in [0.5, 0.6) is 0 Å². The molecule has 0 radical (unpaired) electrons. The molecule has 2 rings (SSSR count). The van der Waals surface area contributed by atoms with Crippen molar-refractivity contribution in [1.29, 1.82) is 0 Å². The molecule has 0 spiro atoms. The number of nitrogens with zero attached hydrogens (tertiary/aromatic N) is 1. The van der Waals surface area contributed by atoms with Crippen molar-refractivity contribution >= 4 is 5.91 Å². The molecule has 26 heavy (non-hydrogen) atoms. The van der Waals surface area contributed by atoms with Crippen LogP contribution in [0.15, 0.2) is 42.6 Å². The molecule has 0 aliphatic heterocycles. The van der Waals surface area contributed by atoms with Crippen LogP contribution in [-0.2, 0) is 12.8 Å². The van der Waals surface area contributed by atoms with E-state index in [0.29, 0.717) is 17.7 Å². The standard InChI is InChI=1S/C20H26FN3O2/c1-20(2,3)24-19(26)15-5-4-10-23-17(15)12-18(25)16(22)11-13-6-8-14(21)9-7-13/h4-10,16,18,25H,11-12,22H2,1-3H3,(H,24,26)/t16-,18+/m1/s1. The third kappa shape index (κ3) is 5.89. The molecule has 1 aromatic heterocycles. The molecule has 0 unspecified atom stereocenters. The van der Waals surface area contributed by atoms with Crippen molar-refractivity contribution in [1.82, 2.24) is 10.3 Å². The minimum absolute atomic E-state index is 0.163. The summed E-state index contributed by atoms with van der Waals surface area (Å²) in [6, 6.07) is 8.83.